The molecule has 0 fully saturated rings. The first-order valence-corrected chi connectivity index (χ1v) is 8.60. The maximum absolute atomic E-state index is 12.4. The van der Waals surface area contributed by atoms with E-state index in [1.807, 2.05) is 0 Å². The van der Waals surface area contributed by atoms with Crippen LogP contribution in [0, 0.1) is 0 Å². The van der Waals surface area contributed by atoms with Gasteiger partial charge in [0.2, 0.25) is 5.91 Å². The molecule has 2 heterocycles. The predicted molar refractivity (Wildman–Crippen MR) is 89.0 cm³/mol. The quantitative estimate of drug-likeness (QED) is 0.855. The van der Waals surface area contributed by atoms with Crippen LogP contribution in [0.1, 0.15) is 30.7 Å². The lowest BCUT2D eigenvalue weighted by Crippen LogP contribution is -2.33. The molecule has 0 atom stereocenters. The van der Waals surface area contributed by atoms with Gasteiger partial charge in [0.15, 0.2) is 0 Å². The predicted octanol–water partition coefficient (Wildman–Crippen LogP) is 1.99. The van der Waals surface area contributed by atoms with Crippen LogP contribution >= 0.6 is 0 Å². The van der Waals surface area contributed by atoms with E-state index in [4.69, 9.17) is 0 Å². The van der Waals surface area contributed by atoms with Crippen molar-refractivity contribution < 1.29 is 22.7 Å². The maximum Gasteiger partial charge on any atom is 0.573 e. The maximum atomic E-state index is 12.4. The van der Waals surface area contributed by atoms with Crippen LogP contribution in [0.3, 0.4) is 0 Å². The Morgan fingerprint density at radius 2 is 2.00 bits per heavy atom. The van der Waals surface area contributed by atoms with Gasteiger partial charge in [0.25, 0.3) is 0 Å². The Morgan fingerprint density at radius 1 is 1.22 bits per heavy atom. The molecule has 27 heavy (non-hydrogen) atoms. The summed E-state index contributed by atoms with van der Waals surface area (Å²) in [5.41, 5.74) is -0.168. The first-order valence-electron chi connectivity index (χ1n) is 8.60. The topological polar surface area (TPSA) is 78.2 Å². The van der Waals surface area contributed by atoms with E-state index < -0.39 is 12.3 Å². The number of rotatable bonds is 5. The molecule has 0 spiro atoms. The summed E-state index contributed by atoms with van der Waals surface area (Å²) >= 11 is 0. The molecule has 146 valence electrons. The molecule has 10 heteroatoms. The molecular formula is C17H19F3N4O3. The van der Waals surface area contributed by atoms with Gasteiger partial charge in [-0.1, -0.05) is 24.6 Å². The largest absolute Gasteiger partial charge is 0.573 e. The number of aryl methyl sites for hydroxylation is 1. The summed E-state index contributed by atoms with van der Waals surface area (Å²) in [4.78, 5) is 24.5. The fourth-order valence-electron chi connectivity index (χ4n) is 2.99. The highest BCUT2D eigenvalue weighted by molar-refractivity contribution is 5.75. The molecule has 0 radical (unpaired) electrons. The Hall–Kier alpha value is -2.78. The van der Waals surface area contributed by atoms with Gasteiger partial charge in [0.1, 0.15) is 18.1 Å². The lowest BCUT2D eigenvalue weighted by molar-refractivity contribution is -0.274. The summed E-state index contributed by atoms with van der Waals surface area (Å²) in [6.07, 6.45) is -1.27. The Balaban J connectivity index is 1.64. The van der Waals surface area contributed by atoms with E-state index in [1.54, 1.807) is 10.6 Å². The summed E-state index contributed by atoms with van der Waals surface area (Å²) in [5.74, 6) is -0.238. The lowest BCUT2D eigenvalue weighted by Gasteiger charge is -2.13. The van der Waals surface area contributed by atoms with Crippen molar-refractivity contribution in [3.8, 4) is 5.75 Å². The summed E-state index contributed by atoms with van der Waals surface area (Å²) in [7, 11) is 0. The number of carbonyl (C=O) groups excluding carboxylic acids is 1. The number of fused-ring (bicyclic) bond motifs is 1. The molecule has 0 aliphatic carbocycles. The molecule has 1 aliphatic rings. The van der Waals surface area contributed by atoms with Crippen LogP contribution in [0.2, 0.25) is 0 Å². The van der Waals surface area contributed by atoms with Gasteiger partial charge < -0.3 is 10.1 Å². The number of para-hydroxylation sites is 1. The normalized spacial score (nSPS) is 14.3. The smallest absolute Gasteiger partial charge is 0.405 e. The molecular weight excluding hydrogens is 365 g/mol. The SMILES string of the molecule is O=C(Cn1nc2n(c1=O)CCCCC2)NCc1ccccc1OC(F)(F)F. The first-order chi connectivity index (χ1) is 12.8. The minimum absolute atomic E-state index is 0.159. The molecule has 0 bridgehead atoms. The van der Waals surface area contributed by atoms with E-state index in [9.17, 15) is 22.8 Å². The van der Waals surface area contributed by atoms with Crippen LogP contribution in [0.25, 0.3) is 0 Å². The summed E-state index contributed by atoms with van der Waals surface area (Å²) in [6, 6.07) is 5.55. The standard InChI is InChI=1S/C17H19F3N4O3/c18-17(19,20)27-13-7-4-3-6-12(13)10-21-15(25)11-24-16(26)23-9-5-1-2-8-14(23)22-24/h3-4,6-7H,1-2,5,8-11H2,(H,21,25). The molecule has 7 nitrogen and oxygen atoms in total. The van der Waals surface area contributed by atoms with Gasteiger partial charge in [-0.25, -0.2) is 9.48 Å². The fraction of sp³-hybridized carbons (Fsp3) is 0.471. The monoisotopic (exact) mass is 384 g/mol. The second-order valence-electron chi connectivity index (χ2n) is 6.25. The molecule has 1 aromatic heterocycles. The molecule has 2 aromatic rings. The van der Waals surface area contributed by atoms with Crippen molar-refractivity contribution in [2.45, 2.75) is 51.7 Å². The minimum atomic E-state index is -4.82. The fourth-order valence-corrected chi connectivity index (χ4v) is 2.99. The molecule has 1 aliphatic heterocycles. The van der Waals surface area contributed by atoms with Crippen molar-refractivity contribution in [1.82, 2.24) is 19.7 Å². The zero-order valence-corrected chi connectivity index (χ0v) is 14.5. The molecule has 1 aromatic carbocycles. The molecule has 1 N–H and O–H groups in total. The molecule has 0 saturated carbocycles. The van der Waals surface area contributed by atoms with Gasteiger partial charge in [0.05, 0.1) is 0 Å². The van der Waals surface area contributed by atoms with Crippen molar-refractivity contribution in [2.75, 3.05) is 0 Å². The van der Waals surface area contributed by atoms with Crippen LogP contribution < -0.4 is 15.7 Å². The van der Waals surface area contributed by atoms with Crippen LogP contribution in [0.4, 0.5) is 13.2 Å². The summed E-state index contributed by atoms with van der Waals surface area (Å²) < 4.78 is 43.9. The molecule has 0 saturated heterocycles. The molecule has 0 unspecified atom stereocenters. The van der Waals surface area contributed by atoms with Crippen molar-refractivity contribution in [3.05, 3.63) is 46.1 Å². The van der Waals surface area contributed by atoms with Gasteiger partial charge in [-0.2, -0.15) is 5.10 Å². The Labute approximate surface area is 152 Å². The van der Waals surface area contributed by atoms with Gasteiger partial charge in [-0.15, -0.1) is 13.2 Å². The van der Waals surface area contributed by atoms with Crippen molar-refractivity contribution >= 4 is 5.91 Å². The highest BCUT2D eigenvalue weighted by atomic mass is 19.4. The molecule has 3 rings (SSSR count). The average molecular weight is 384 g/mol. The number of aromatic nitrogens is 3. The second kappa shape index (κ2) is 7.85. The van der Waals surface area contributed by atoms with Crippen LogP contribution in [-0.2, 0) is 30.8 Å². The van der Waals surface area contributed by atoms with Gasteiger partial charge >= 0.3 is 12.1 Å². The van der Waals surface area contributed by atoms with E-state index in [-0.39, 0.29) is 30.1 Å². The zero-order valence-electron chi connectivity index (χ0n) is 14.5. The van der Waals surface area contributed by atoms with Crippen LogP contribution in [0.5, 0.6) is 5.75 Å². The number of halogens is 3. The number of amides is 1. The number of benzene rings is 1. The van der Waals surface area contributed by atoms with Crippen LogP contribution in [0.15, 0.2) is 29.1 Å². The Morgan fingerprint density at radius 3 is 2.78 bits per heavy atom. The number of nitrogens with zero attached hydrogens (tertiary/aromatic N) is 3. The number of hydrogen-bond acceptors (Lipinski definition) is 4. The third kappa shape index (κ3) is 4.89. The Bertz CT molecular complexity index is 873. The van der Waals surface area contributed by atoms with E-state index in [0.29, 0.717) is 18.8 Å². The number of hydrogen-bond donors (Lipinski definition) is 1. The second-order valence-corrected chi connectivity index (χ2v) is 6.25. The third-order valence-corrected chi connectivity index (χ3v) is 4.25. The van der Waals surface area contributed by atoms with E-state index in [2.05, 4.69) is 15.2 Å². The molecule has 1 amide bonds. The van der Waals surface area contributed by atoms with E-state index in [0.717, 1.165) is 23.9 Å². The highest BCUT2D eigenvalue weighted by Gasteiger charge is 2.32. The number of nitrogens with one attached hydrogen (secondary N) is 1. The minimum Gasteiger partial charge on any atom is -0.405 e. The third-order valence-electron chi connectivity index (χ3n) is 4.25. The van der Waals surface area contributed by atoms with Gasteiger partial charge in [-0.05, 0) is 18.9 Å². The summed E-state index contributed by atoms with van der Waals surface area (Å²) in [5, 5.41) is 6.70. The Kier molecular flexibility index (Phi) is 5.52. The first kappa shape index (κ1) is 19.0. The van der Waals surface area contributed by atoms with Gasteiger partial charge in [-0.3, -0.25) is 9.36 Å². The number of alkyl halides is 3. The van der Waals surface area contributed by atoms with E-state index in [1.165, 1.54) is 18.2 Å². The lowest BCUT2D eigenvalue weighted by atomic mass is 10.2. The number of ether oxygens (including phenoxy) is 1. The van der Waals surface area contributed by atoms with E-state index >= 15 is 0 Å². The van der Waals surface area contributed by atoms with Crippen molar-refractivity contribution in [1.29, 1.82) is 0 Å². The average Bonchev–Trinajstić information content (AvgIpc) is 2.76. The van der Waals surface area contributed by atoms with Crippen molar-refractivity contribution in [3.63, 3.8) is 0 Å². The number of carbonyl (C=O) groups is 1. The van der Waals surface area contributed by atoms with Gasteiger partial charge in [0, 0.05) is 25.1 Å². The van der Waals surface area contributed by atoms with Crippen molar-refractivity contribution in [2.24, 2.45) is 0 Å². The highest BCUT2D eigenvalue weighted by Crippen LogP contribution is 2.26. The summed E-state index contributed by atoms with van der Waals surface area (Å²) in [6.45, 7) is 0.131. The van der Waals surface area contributed by atoms with Crippen LogP contribution in [-0.4, -0.2) is 26.6 Å². The zero-order chi connectivity index (χ0) is 19.4.